The molecule has 1 aromatic rings. The number of hydrogen-bond donors (Lipinski definition) is 1. The largest absolute Gasteiger partial charge is 0.755 e. The van der Waals surface area contributed by atoms with E-state index in [1.54, 1.807) is 4.72 Å². The molecule has 15 heavy (non-hydrogen) atoms. The quantitative estimate of drug-likeness (QED) is 0.472. The third kappa shape index (κ3) is 3.60. The molecule has 0 amide bonds. The van der Waals surface area contributed by atoms with Crippen molar-refractivity contribution in [3.63, 3.8) is 0 Å². The molecule has 0 aliphatic rings. The SMILES string of the molecule is O=[N+]([O-])Cc1ccc(F)c(NS(=O)[O-])c1. The van der Waals surface area contributed by atoms with Crippen molar-refractivity contribution in [3.05, 3.63) is 39.7 Å². The van der Waals surface area contributed by atoms with Gasteiger partial charge in [-0.2, -0.15) is 0 Å². The van der Waals surface area contributed by atoms with Gasteiger partial charge in [0.1, 0.15) is 5.82 Å². The maximum atomic E-state index is 13.0. The van der Waals surface area contributed by atoms with E-state index < -0.39 is 28.6 Å². The van der Waals surface area contributed by atoms with E-state index in [-0.39, 0.29) is 11.3 Å². The van der Waals surface area contributed by atoms with Gasteiger partial charge in [-0.05, 0) is 18.2 Å². The van der Waals surface area contributed by atoms with Crippen LogP contribution in [0.3, 0.4) is 0 Å². The number of anilines is 1. The lowest BCUT2D eigenvalue weighted by atomic mass is 10.2. The molecule has 0 fully saturated rings. The highest BCUT2D eigenvalue weighted by Crippen LogP contribution is 2.16. The van der Waals surface area contributed by atoms with E-state index >= 15 is 0 Å². The van der Waals surface area contributed by atoms with E-state index in [0.29, 0.717) is 0 Å². The van der Waals surface area contributed by atoms with Gasteiger partial charge in [-0.3, -0.25) is 14.3 Å². The van der Waals surface area contributed by atoms with Crippen LogP contribution >= 0.6 is 0 Å². The second-order valence-corrected chi connectivity index (χ2v) is 3.32. The molecule has 0 spiro atoms. The van der Waals surface area contributed by atoms with Gasteiger partial charge in [-0.25, -0.2) is 4.39 Å². The number of benzene rings is 1. The lowest BCUT2D eigenvalue weighted by Crippen LogP contribution is -2.06. The van der Waals surface area contributed by atoms with Crippen LogP contribution in [0.4, 0.5) is 10.1 Å². The van der Waals surface area contributed by atoms with Crippen LogP contribution in [-0.2, 0) is 17.8 Å². The third-order valence-corrected chi connectivity index (χ3v) is 1.92. The van der Waals surface area contributed by atoms with Crippen LogP contribution in [0.25, 0.3) is 0 Å². The van der Waals surface area contributed by atoms with Gasteiger partial charge in [0.15, 0.2) is 0 Å². The van der Waals surface area contributed by atoms with Crippen molar-refractivity contribution in [1.29, 1.82) is 0 Å². The molecular weight excluding hydrogens is 227 g/mol. The van der Waals surface area contributed by atoms with E-state index in [4.69, 9.17) is 0 Å². The van der Waals surface area contributed by atoms with E-state index in [1.807, 2.05) is 0 Å². The van der Waals surface area contributed by atoms with Crippen LogP contribution in [0, 0.1) is 15.9 Å². The predicted octanol–water partition coefficient (Wildman–Crippen LogP) is 0.808. The van der Waals surface area contributed by atoms with E-state index in [2.05, 4.69) is 0 Å². The van der Waals surface area contributed by atoms with Gasteiger partial charge in [0.05, 0.1) is 5.69 Å². The fourth-order valence-electron chi connectivity index (χ4n) is 0.988. The Hall–Kier alpha value is -1.54. The molecule has 0 radical (unpaired) electrons. The molecule has 82 valence electrons. The first kappa shape index (κ1) is 11.5. The standard InChI is InChI=1S/C7H7FN2O4S/c8-6-2-1-5(4-10(11)12)3-7(6)9-15(13)14/h1-3,9H,4H2,(H,13,14)/p-1. The van der Waals surface area contributed by atoms with Crippen molar-refractivity contribution in [1.82, 2.24) is 0 Å². The lowest BCUT2D eigenvalue weighted by Gasteiger charge is -2.09. The molecular formula is C7H6FN2O4S-. The first-order valence-electron chi connectivity index (χ1n) is 3.75. The Morgan fingerprint density at radius 3 is 2.73 bits per heavy atom. The normalized spacial score (nSPS) is 12.1. The summed E-state index contributed by atoms with van der Waals surface area (Å²) in [5, 5.41) is 10.2. The molecule has 1 unspecified atom stereocenters. The summed E-state index contributed by atoms with van der Waals surface area (Å²) in [4.78, 5) is 9.56. The predicted molar refractivity (Wildman–Crippen MR) is 49.6 cm³/mol. The van der Waals surface area contributed by atoms with Crippen molar-refractivity contribution in [3.8, 4) is 0 Å². The number of nitro groups is 1. The number of rotatable bonds is 4. The van der Waals surface area contributed by atoms with E-state index in [9.17, 15) is 23.3 Å². The monoisotopic (exact) mass is 233 g/mol. The van der Waals surface area contributed by atoms with Gasteiger partial charge in [-0.15, -0.1) is 0 Å². The summed E-state index contributed by atoms with van der Waals surface area (Å²) in [7, 11) is 0. The van der Waals surface area contributed by atoms with Crippen LogP contribution in [-0.4, -0.2) is 13.7 Å². The van der Waals surface area contributed by atoms with Crippen molar-refractivity contribution < 1.29 is 18.1 Å². The van der Waals surface area contributed by atoms with Crippen molar-refractivity contribution in [2.24, 2.45) is 0 Å². The second-order valence-electron chi connectivity index (χ2n) is 2.64. The Kier molecular flexibility index (Phi) is 3.69. The molecule has 0 bridgehead atoms. The number of hydrogen-bond acceptors (Lipinski definition) is 4. The number of nitrogens with zero attached hydrogens (tertiary/aromatic N) is 1. The van der Waals surface area contributed by atoms with Crippen molar-refractivity contribution >= 4 is 17.0 Å². The molecule has 0 aromatic heterocycles. The smallest absolute Gasteiger partial charge is 0.229 e. The van der Waals surface area contributed by atoms with Gasteiger partial charge >= 0.3 is 0 Å². The Morgan fingerprint density at radius 1 is 1.53 bits per heavy atom. The first-order chi connectivity index (χ1) is 6.99. The first-order valence-corrected chi connectivity index (χ1v) is 4.82. The zero-order valence-electron chi connectivity index (χ0n) is 7.31. The summed E-state index contributed by atoms with van der Waals surface area (Å²) < 4.78 is 35.3. The fraction of sp³-hybridized carbons (Fsp3) is 0.143. The zero-order chi connectivity index (χ0) is 11.4. The van der Waals surface area contributed by atoms with Crippen LogP contribution in [0.5, 0.6) is 0 Å². The molecule has 0 aliphatic heterocycles. The summed E-state index contributed by atoms with van der Waals surface area (Å²) in [6, 6.07) is 3.26. The number of nitrogens with one attached hydrogen (secondary N) is 1. The number of halogens is 1. The molecule has 1 aromatic carbocycles. The van der Waals surface area contributed by atoms with Gasteiger partial charge in [0.2, 0.25) is 6.54 Å². The molecule has 8 heteroatoms. The second kappa shape index (κ2) is 4.80. The summed E-state index contributed by atoms with van der Waals surface area (Å²) in [5.41, 5.74) is -0.0861. The molecule has 1 atom stereocenters. The maximum absolute atomic E-state index is 13.0. The summed E-state index contributed by atoms with van der Waals surface area (Å²) in [6.45, 7) is -0.486. The summed E-state index contributed by atoms with van der Waals surface area (Å²) in [5.74, 6) is -0.786. The zero-order valence-corrected chi connectivity index (χ0v) is 8.12. The summed E-state index contributed by atoms with van der Waals surface area (Å²) >= 11 is -2.66. The van der Waals surface area contributed by atoms with Gasteiger partial charge in [0.25, 0.3) is 0 Å². The topological polar surface area (TPSA) is 95.3 Å². The fourth-order valence-corrected chi connectivity index (χ4v) is 1.32. The average molecular weight is 233 g/mol. The average Bonchev–Trinajstić information content (AvgIpc) is 2.09. The molecule has 0 saturated carbocycles. The Labute approximate surface area is 86.7 Å². The van der Waals surface area contributed by atoms with Gasteiger partial charge in [0, 0.05) is 21.8 Å². The lowest BCUT2D eigenvalue weighted by molar-refractivity contribution is -0.496. The van der Waals surface area contributed by atoms with Crippen LogP contribution in [0.15, 0.2) is 18.2 Å². The Bertz CT molecular complexity index is 412. The third-order valence-electron chi connectivity index (χ3n) is 1.54. The highest BCUT2D eigenvalue weighted by molar-refractivity contribution is 7.80. The van der Waals surface area contributed by atoms with Gasteiger partial charge < -0.3 is 9.27 Å². The Morgan fingerprint density at radius 2 is 2.20 bits per heavy atom. The molecule has 0 saturated heterocycles. The van der Waals surface area contributed by atoms with Gasteiger partial charge in [-0.1, -0.05) is 0 Å². The summed E-state index contributed by atoms with van der Waals surface area (Å²) in [6.07, 6.45) is 0. The van der Waals surface area contributed by atoms with Crippen LogP contribution in [0.1, 0.15) is 5.56 Å². The maximum Gasteiger partial charge on any atom is 0.229 e. The molecule has 0 aliphatic carbocycles. The molecule has 6 nitrogen and oxygen atoms in total. The molecule has 0 heterocycles. The Balaban J connectivity index is 2.94. The molecule has 1 rings (SSSR count). The molecule has 1 N–H and O–H groups in total. The highest BCUT2D eigenvalue weighted by Gasteiger charge is 2.07. The minimum atomic E-state index is -2.66. The van der Waals surface area contributed by atoms with Crippen molar-refractivity contribution in [2.45, 2.75) is 6.54 Å². The van der Waals surface area contributed by atoms with Crippen LogP contribution in [0.2, 0.25) is 0 Å². The van der Waals surface area contributed by atoms with Crippen LogP contribution < -0.4 is 4.72 Å². The minimum absolute atomic E-state index is 0.217. The van der Waals surface area contributed by atoms with E-state index in [1.165, 1.54) is 6.07 Å². The van der Waals surface area contributed by atoms with E-state index in [0.717, 1.165) is 12.1 Å². The van der Waals surface area contributed by atoms with Crippen molar-refractivity contribution in [2.75, 3.05) is 4.72 Å². The minimum Gasteiger partial charge on any atom is -0.755 e. The highest BCUT2D eigenvalue weighted by atomic mass is 32.2.